The van der Waals surface area contributed by atoms with Crippen LogP contribution in [0.5, 0.6) is 0 Å². The van der Waals surface area contributed by atoms with Crippen molar-refractivity contribution in [1.82, 2.24) is 10.2 Å². The Morgan fingerprint density at radius 2 is 2.25 bits per heavy atom. The highest BCUT2D eigenvalue weighted by molar-refractivity contribution is 4.77. The van der Waals surface area contributed by atoms with Crippen molar-refractivity contribution in [3.8, 4) is 0 Å². The van der Waals surface area contributed by atoms with Crippen LogP contribution in [0.15, 0.2) is 0 Å². The summed E-state index contributed by atoms with van der Waals surface area (Å²) >= 11 is 0. The highest BCUT2D eigenvalue weighted by atomic mass is 16.5. The molecule has 0 aromatic carbocycles. The Labute approximate surface area is 101 Å². The molecule has 1 saturated heterocycles. The summed E-state index contributed by atoms with van der Waals surface area (Å²) in [6.07, 6.45) is 1.34. The third-order valence-corrected chi connectivity index (χ3v) is 3.11. The van der Waals surface area contributed by atoms with E-state index in [0.29, 0.717) is 0 Å². The van der Waals surface area contributed by atoms with Crippen molar-refractivity contribution in [2.24, 2.45) is 11.8 Å². The molecule has 3 heteroatoms. The van der Waals surface area contributed by atoms with Crippen molar-refractivity contribution in [3.63, 3.8) is 0 Å². The number of nitrogens with zero attached hydrogens (tertiary/aromatic N) is 1. The first-order chi connectivity index (χ1) is 7.72. The highest BCUT2D eigenvalue weighted by Crippen LogP contribution is 2.14. The minimum Gasteiger partial charge on any atom is -0.380 e. The summed E-state index contributed by atoms with van der Waals surface area (Å²) in [6, 6.07) is 0. The molecule has 0 spiro atoms. The van der Waals surface area contributed by atoms with Crippen LogP contribution in [0.25, 0.3) is 0 Å². The first-order valence-corrected chi connectivity index (χ1v) is 6.73. The Balaban J connectivity index is 2.01. The molecule has 1 heterocycles. The molecule has 16 heavy (non-hydrogen) atoms. The van der Waals surface area contributed by atoms with Crippen molar-refractivity contribution < 1.29 is 4.74 Å². The quantitative estimate of drug-likeness (QED) is 0.639. The molecular weight excluding hydrogens is 200 g/mol. The van der Waals surface area contributed by atoms with Crippen molar-refractivity contribution >= 4 is 0 Å². The summed E-state index contributed by atoms with van der Waals surface area (Å²) in [6.45, 7) is 14.2. The smallest absolute Gasteiger partial charge is 0.0593 e. The zero-order valence-corrected chi connectivity index (χ0v) is 11.2. The van der Waals surface area contributed by atoms with Gasteiger partial charge in [0.05, 0.1) is 6.61 Å². The van der Waals surface area contributed by atoms with E-state index in [-0.39, 0.29) is 0 Å². The normalized spacial score (nSPS) is 22.1. The van der Waals surface area contributed by atoms with Gasteiger partial charge in [-0.3, -0.25) is 0 Å². The zero-order chi connectivity index (χ0) is 11.8. The summed E-state index contributed by atoms with van der Waals surface area (Å²) in [7, 11) is 0. The maximum Gasteiger partial charge on any atom is 0.0593 e. The minimum absolute atomic E-state index is 0.760. The van der Waals surface area contributed by atoms with Crippen LogP contribution in [-0.2, 0) is 4.74 Å². The molecule has 96 valence electrons. The fourth-order valence-corrected chi connectivity index (χ4v) is 2.20. The number of rotatable bonds is 8. The first-order valence-electron chi connectivity index (χ1n) is 6.73. The molecule has 3 nitrogen and oxygen atoms in total. The van der Waals surface area contributed by atoms with Gasteiger partial charge in [-0.1, -0.05) is 13.8 Å². The van der Waals surface area contributed by atoms with E-state index in [4.69, 9.17) is 4.74 Å². The van der Waals surface area contributed by atoms with Gasteiger partial charge in [-0.25, -0.2) is 0 Å². The lowest BCUT2D eigenvalue weighted by atomic mass is 10.1. The van der Waals surface area contributed by atoms with Gasteiger partial charge in [-0.15, -0.1) is 0 Å². The van der Waals surface area contributed by atoms with Gasteiger partial charge in [0.2, 0.25) is 0 Å². The van der Waals surface area contributed by atoms with Gasteiger partial charge in [0.25, 0.3) is 0 Å². The third-order valence-electron chi connectivity index (χ3n) is 3.11. The van der Waals surface area contributed by atoms with E-state index in [2.05, 4.69) is 31.0 Å². The van der Waals surface area contributed by atoms with Crippen LogP contribution >= 0.6 is 0 Å². The lowest BCUT2D eigenvalue weighted by molar-refractivity contribution is 0.120. The summed E-state index contributed by atoms with van der Waals surface area (Å²) < 4.78 is 5.39. The van der Waals surface area contributed by atoms with Gasteiger partial charge in [0, 0.05) is 19.7 Å². The molecule has 0 radical (unpaired) electrons. The van der Waals surface area contributed by atoms with Crippen LogP contribution in [0.4, 0.5) is 0 Å². The molecule has 0 saturated carbocycles. The molecule has 0 bridgehead atoms. The van der Waals surface area contributed by atoms with E-state index < -0.39 is 0 Å². The van der Waals surface area contributed by atoms with Gasteiger partial charge in [0.15, 0.2) is 0 Å². The molecule has 0 aromatic heterocycles. The van der Waals surface area contributed by atoms with Crippen LogP contribution in [0.3, 0.4) is 0 Å². The number of hydrogen-bond acceptors (Lipinski definition) is 3. The molecule has 1 rings (SSSR count). The van der Waals surface area contributed by atoms with Crippen LogP contribution in [0.2, 0.25) is 0 Å². The largest absolute Gasteiger partial charge is 0.380 e. The lowest BCUT2D eigenvalue weighted by Crippen LogP contribution is -2.30. The number of hydrogen-bond donors (Lipinski definition) is 1. The van der Waals surface area contributed by atoms with Gasteiger partial charge in [0.1, 0.15) is 0 Å². The molecule has 0 amide bonds. The number of likely N-dealkylation sites (tertiary alicyclic amines) is 1. The van der Waals surface area contributed by atoms with Gasteiger partial charge >= 0.3 is 0 Å². The highest BCUT2D eigenvalue weighted by Gasteiger charge is 2.21. The molecule has 1 N–H and O–H groups in total. The Morgan fingerprint density at radius 1 is 1.44 bits per heavy atom. The average Bonchev–Trinajstić information content (AvgIpc) is 2.66. The molecule has 1 aliphatic rings. The second-order valence-electron chi connectivity index (χ2n) is 5.20. The van der Waals surface area contributed by atoms with E-state index in [9.17, 15) is 0 Å². The second-order valence-corrected chi connectivity index (χ2v) is 5.20. The van der Waals surface area contributed by atoms with Gasteiger partial charge in [-0.05, 0) is 44.8 Å². The third kappa shape index (κ3) is 5.83. The predicted octanol–water partition coefficient (Wildman–Crippen LogP) is 1.59. The average molecular weight is 228 g/mol. The van der Waals surface area contributed by atoms with E-state index in [1.165, 1.54) is 26.1 Å². The Kier molecular flexibility index (Phi) is 7.01. The molecular formula is C13H28N2O. The Morgan fingerprint density at radius 3 is 2.94 bits per heavy atom. The lowest BCUT2D eigenvalue weighted by Gasteiger charge is -2.16. The predicted molar refractivity (Wildman–Crippen MR) is 68.7 cm³/mol. The Hall–Kier alpha value is -0.120. The topological polar surface area (TPSA) is 24.5 Å². The van der Waals surface area contributed by atoms with E-state index in [1.807, 2.05) is 0 Å². The molecule has 1 unspecified atom stereocenters. The summed E-state index contributed by atoms with van der Waals surface area (Å²) in [5.74, 6) is 1.61. The number of ether oxygens (including phenoxy) is 1. The number of nitrogens with one attached hydrogen (secondary N) is 1. The summed E-state index contributed by atoms with van der Waals surface area (Å²) in [4.78, 5) is 2.53. The van der Waals surface area contributed by atoms with Crippen molar-refractivity contribution in [1.29, 1.82) is 0 Å². The SMILES string of the molecule is CCOCCN1CCC(CNCC(C)C)C1. The van der Waals surface area contributed by atoms with E-state index in [0.717, 1.165) is 38.1 Å². The van der Waals surface area contributed by atoms with Crippen molar-refractivity contribution in [3.05, 3.63) is 0 Å². The van der Waals surface area contributed by atoms with Crippen LogP contribution in [0, 0.1) is 11.8 Å². The van der Waals surface area contributed by atoms with E-state index in [1.54, 1.807) is 0 Å². The fourth-order valence-electron chi connectivity index (χ4n) is 2.20. The first kappa shape index (κ1) is 13.9. The van der Waals surface area contributed by atoms with Crippen molar-refractivity contribution in [2.45, 2.75) is 27.2 Å². The molecule has 1 fully saturated rings. The minimum atomic E-state index is 0.760. The molecule has 1 atom stereocenters. The van der Waals surface area contributed by atoms with Crippen LogP contribution in [0.1, 0.15) is 27.2 Å². The Bertz CT molecular complexity index is 173. The van der Waals surface area contributed by atoms with Gasteiger partial charge in [-0.2, -0.15) is 0 Å². The summed E-state index contributed by atoms with van der Waals surface area (Å²) in [5, 5.41) is 3.56. The van der Waals surface area contributed by atoms with Crippen LogP contribution < -0.4 is 5.32 Å². The molecule has 0 aromatic rings. The second kappa shape index (κ2) is 8.04. The molecule has 1 aliphatic heterocycles. The fraction of sp³-hybridized carbons (Fsp3) is 1.00. The van der Waals surface area contributed by atoms with Gasteiger partial charge < -0.3 is 15.0 Å². The van der Waals surface area contributed by atoms with Crippen molar-refractivity contribution in [2.75, 3.05) is 45.9 Å². The monoisotopic (exact) mass is 228 g/mol. The standard InChI is InChI=1S/C13H28N2O/c1-4-16-8-7-15-6-5-13(11-15)10-14-9-12(2)3/h12-14H,4-11H2,1-3H3. The van der Waals surface area contributed by atoms with E-state index >= 15 is 0 Å². The maximum atomic E-state index is 5.39. The summed E-state index contributed by atoms with van der Waals surface area (Å²) in [5.41, 5.74) is 0. The van der Waals surface area contributed by atoms with Crippen LogP contribution in [-0.4, -0.2) is 50.8 Å². The molecule has 0 aliphatic carbocycles. The maximum absolute atomic E-state index is 5.39. The zero-order valence-electron chi connectivity index (χ0n) is 11.2.